The molecule has 1 aliphatic rings. The predicted octanol–water partition coefficient (Wildman–Crippen LogP) is 3.37. The zero-order valence-electron chi connectivity index (χ0n) is 13.1. The highest BCUT2D eigenvalue weighted by Gasteiger charge is 2.11. The van der Waals surface area contributed by atoms with Crippen LogP contribution in [0.15, 0.2) is 24.3 Å². The van der Waals surface area contributed by atoms with Crippen molar-refractivity contribution < 1.29 is 4.74 Å². The van der Waals surface area contributed by atoms with E-state index in [0.717, 1.165) is 39.4 Å². The lowest BCUT2D eigenvalue weighted by Crippen LogP contribution is -2.35. The quantitative estimate of drug-likeness (QED) is 0.892. The maximum atomic E-state index is 5.38. The van der Waals surface area contributed by atoms with Gasteiger partial charge in [0.2, 0.25) is 0 Å². The molecule has 0 amide bonds. The molecule has 1 heterocycles. The molecule has 20 heavy (non-hydrogen) atoms. The Morgan fingerprint density at radius 3 is 2.35 bits per heavy atom. The van der Waals surface area contributed by atoms with Crippen molar-refractivity contribution in [2.24, 2.45) is 5.41 Å². The average Bonchev–Trinajstić information content (AvgIpc) is 2.41. The number of rotatable bonds is 5. The first-order valence-corrected chi connectivity index (χ1v) is 7.66. The van der Waals surface area contributed by atoms with Crippen LogP contribution in [0.3, 0.4) is 0 Å². The summed E-state index contributed by atoms with van der Waals surface area (Å²) < 4.78 is 5.38. The number of morpholine rings is 1. The first-order valence-electron chi connectivity index (χ1n) is 7.66. The molecule has 0 spiro atoms. The van der Waals surface area contributed by atoms with Gasteiger partial charge in [0.05, 0.1) is 13.2 Å². The zero-order chi connectivity index (χ0) is 14.4. The summed E-state index contributed by atoms with van der Waals surface area (Å²) in [6.07, 6.45) is 1.18. The van der Waals surface area contributed by atoms with Crippen molar-refractivity contribution in [2.45, 2.75) is 33.7 Å². The number of ether oxygens (including phenoxy) is 1. The molecule has 1 N–H and O–H groups in total. The summed E-state index contributed by atoms with van der Waals surface area (Å²) in [5, 5.41) is 3.50. The lowest BCUT2D eigenvalue weighted by atomic mass is 9.92. The van der Waals surface area contributed by atoms with Crippen LogP contribution in [0.25, 0.3) is 0 Å². The van der Waals surface area contributed by atoms with Gasteiger partial charge in [-0.05, 0) is 29.5 Å². The van der Waals surface area contributed by atoms with E-state index in [1.54, 1.807) is 0 Å². The average molecular weight is 276 g/mol. The number of hydrogen-bond donors (Lipinski definition) is 1. The highest BCUT2D eigenvalue weighted by Crippen LogP contribution is 2.19. The second-order valence-electron chi connectivity index (χ2n) is 6.82. The maximum Gasteiger partial charge on any atom is 0.0594 e. The van der Waals surface area contributed by atoms with Gasteiger partial charge in [-0.15, -0.1) is 0 Å². The second kappa shape index (κ2) is 7.09. The zero-order valence-corrected chi connectivity index (χ0v) is 13.1. The highest BCUT2D eigenvalue weighted by molar-refractivity contribution is 5.44. The first-order chi connectivity index (χ1) is 9.53. The van der Waals surface area contributed by atoms with E-state index in [2.05, 4.69) is 55.3 Å². The molecule has 0 unspecified atom stereocenters. The molecule has 1 fully saturated rings. The van der Waals surface area contributed by atoms with Gasteiger partial charge in [0, 0.05) is 31.9 Å². The molecule has 1 aromatic carbocycles. The Labute approximate surface area is 123 Å². The number of hydrogen-bond acceptors (Lipinski definition) is 3. The highest BCUT2D eigenvalue weighted by atomic mass is 16.5. The fraction of sp³-hybridized carbons (Fsp3) is 0.647. The maximum absolute atomic E-state index is 5.38. The van der Waals surface area contributed by atoms with Crippen molar-refractivity contribution in [1.82, 2.24) is 4.90 Å². The summed E-state index contributed by atoms with van der Waals surface area (Å²) in [5.41, 5.74) is 3.00. The molecule has 112 valence electrons. The number of nitrogens with one attached hydrogen (secondary N) is 1. The predicted molar refractivity (Wildman–Crippen MR) is 85.1 cm³/mol. The lowest BCUT2D eigenvalue weighted by molar-refractivity contribution is 0.0342. The Morgan fingerprint density at radius 1 is 1.10 bits per heavy atom. The van der Waals surface area contributed by atoms with E-state index >= 15 is 0 Å². The molecular weight excluding hydrogens is 248 g/mol. The van der Waals surface area contributed by atoms with Crippen LogP contribution in [0.1, 0.15) is 32.8 Å². The minimum absolute atomic E-state index is 0.392. The largest absolute Gasteiger partial charge is 0.385 e. The molecule has 0 radical (unpaired) electrons. The van der Waals surface area contributed by atoms with Crippen LogP contribution in [-0.4, -0.2) is 37.7 Å². The second-order valence-corrected chi connectivity index (χ2v) is 6.82. The Bertz CT molecular complexity index is 388. The lowest BCUT2D eigenvalue weighted by Gasteiger charge is -2.26. The van der Waals surface area contributed by atoms with Crippen molar-refractivity contribution >= 4 is 5.69 Å². The van der Waals surface area contributed by atoms with Crippen molar-refractivity contribution in [3.8, 4) is 0 Å². The summed E-state index contributed by atoms with van der Waals surface area (Å²) in [4.78, 5) is 2.45. The van der Waals surface area contributed by atoms with Gasteiger partial charge in [-0.3, -0.25) is 4.90 Å². The standard InChI is InChI=1S/C17H28N2O/c1-17(2,3)8-9-18-16-6-4-15(5-7-16)14-19-10-12-20-13-11-19/h4-7,18H,8-14H2,1-3H3. The molecule has 1 aromatic rings. The molecule has 0 bridgehead atoms. The fourth-order valence-electron chi connectivity index (χ4n) is 2.33. The minimum Gasteiger partial charge on any atom is -0.385 e. The fourth-order valence-corrected chi connectivity index (χ4v) is 2.33. The van der Waals surface area contributed by atoms with E-state index in [-0.39, 0.29) is 0 Å². The Balaban J connectivity index is 1.77. The Hall–Kier alpha value is -1.06. The molecule has 3 nitrogen and oxygen atoms in total. The Kier molecular flexibility index (Phi) is 5.44. The monoisotopic (exact) mass is 276 g/mol. The van der Waals surface area contributed by atoms with Crippen LogP contribution >= 0.6 is 0 Å². The van der Waals surface area contributed by atoms with Crippen molar-refractivity contribution in [3.05, 3.63) is 29.8 Å². The molecular formula is C17H28N2O. The van der Waals surface area contributed by atoms with Crippen LogP contribution in [0, 0.1) is 5.41 Å². The van der Waals surface area contributed by atoms with Crippen LogP contribution in [0.2, 0.25) is 0 Å². The van der Waals surface area contributed by atoms with Gasteiger partial charge in [0.15, 0.2) is 0 Å². The van der Waals surface area contributed by atoms with Crippen LogP contribution in [0.5, 0.6) is 0 Å². The van der Waals surface area contributed by atoms with E-state index in [1.807, 2.05) is 0 Å². The van der Waals surface area contributed by atoms with E-state index in [0.29, 0.717) is 5.41 Å². The number of nitrogens with zero attached hydrogens (tertiary/aromatic N) is 1. The molecule has 1 saturated heterocycles. The molecule has 2 rings (SSSR count). The van der Waals surface area contributed by atoms with E-state index < -0.39 is 0 Å². The normalized spacial score (nSPS) is 17.1. The van der Waals surface area contributed by atoms with Gasteiger partial charge in [-0.25, -0.2) is 0 Å². The van der Waals surface area contributed by atoms with Gasteiger partial charge in [-0.2, -0.15) is 0 Å². The van der Waals surface area contributed by atoms with Gasteiger partial charge in [0.25, 0.3) is 0 Å². The van der Waals surface area contributed by atoms with Gasteiger partial charge >= 0.3 is 0 Å². The summed E-state index contributed by atoms with van der Waals surface area (Å²) in [6.45, 7) is 12.7. The summed E-state index contributed by atoms with van der Waals surface area (Å²) >= 11 is 0. The molecule has 0 atom stereocenters. The van der Waals surface area contributed by atoms with Gasteiger partial charge in [-0.1, -0.05) is 32.9 Å². The molecule has 1 aliphatic heterocycles. The molecule has 3 heteroatoms. The van der Waals surface area contributed by atoms with Crippen molar-refractivity contribution in [2.75, 3.05) is 38.2 Å². The van der Waals surface area contributed by atoms with Crippen molar-refractivity contribution in [3.63, 3.8) is 0 Å². The molecule has 0 aromatic heterocycles. The van der Waals surface area contributed by atoms with E-state index in [4.69, 9.17) is 4.74 Å². The van der Waals surface area contributed by atoms with Crippen molar-refractivity contribution in [1.29, 1.82) is 0 Å². The van der Waals surface area contributed by atoms with Crippen LogP contribution in [0.4, 0.5) is 5.69 Å². The summed E-state index contributed by atoms with van der Waals surface area (Å²) in [5.74, 6) is 0. The molecule has 0 aliphatic carbocycles. The van der Waals surface area contributed by atoms with Gasteiger partial charge in [0.1, 0.15) is 0 Å². The third-order valence-corrected chi connectivity index (χ3v) is 3.67. The Morgan fingerprint density at radius 2 is 1.75 bits per heavy atom. The molecule has 0 saturated carbocycles. The third kappa shape index (κ3) is 5.51. The summed E-state index contributed by atoms with van der Waals surface area (Å²) in [7, 11) is 0. The van der Waals surface area contributed by atoms with Crippen LogP contribution in [-0.2, 0) is 11.3 Å². The van der Waals surface area contributed by atoms with Crippen LogP contribution < -0.4 is 5.32 Å². The van der Waals surface area contributed by atoms with Gasteiger partial charge < -0.3 is 10.1 Å². The van der Waals surface area contributed by atoms with E-state index in [9.17, 15) is 0 Å². The number of benzene rings is 1. The third-order valence-electron chi connectivity index (χ3n) is 3.67. The first kappa shape index (κ1) is 15.3. The number of anilines is 1. The smallest absolute Gasteiger partial charge is 0.0594 e. The van der Waals surface area contributed by atoms with E-state index in [1.165, 1.54) is 17.7 Å². The minimum atomic E-state index is 0.392. The summed E-state index contributed by atoms with van der Waals surface area (Å²) in [6, 6.07) is 8.85. The topological polar surface area (TPSA) is 24.5 Å². The SMILES string of the molecule is CC(C)(C)CCNc1ccc(CN2CCOCC2)cc1.